The molecule has 4 rings (SSSR count). The molecule has 54 heavy (non-hydrogen) atoms. The molecular formula is C39H60N8O7. The van der Waals surface area contributed by atoms with Crippen molar-refractivity contribution in [2.45, 2.75) is 117 Å². The number of carbonyl (C=O) groups excluding carboxylic acids is 4. The Balaban J connectivity index is 1.23. The van der Waals surface area contributed by atoms with Gasteiger partial charge in [-0.25, -0.2) is 19.2 Å². The molecule has 0 radical (unpaired) electrons. The minimum absolute atomic E-state index is 0.132. The summed E-state index contributed by atoms with van der Waals surface area (Å²) < 4.78 is 12.1. The van der Waals surface area contributed by atoms with Crippen molar-refractivity contribution in [3.05, 3.63) is 52.6 Å². The van der Waals surface area contributed by atoms with Crippen LogP contribution in [0.2, 0.25) is 0 Å². The number of rotatable bonds is 10. The third-order valence-corrected chi connectivity index (χ3v) is 9.39. The van der Waals surface area contributed by atoms with Crippen LogP contribution in [-0.2, 0) is 20.8 Å². The van der Waals surface area contributed by atoms with Crippen molar-refractivity contribution in [3.8, 4) is 5.69 Å². The highest BCUT2D eigenvalue weighted by atomic mass is 16.6. The second kappa shape index (κ2) is 17.7. The van der Waals surface area contributed by atoms with Gasteiger partial charge in [-0.05, 0) is 117 Å². The minimum atomic E-state index is -1.19. The van der Waals surface area contributed by atoms with Crippen LogP contribution >= 0.6 is 0 Å². The molecule has 1 aliphatic heterocycles. The van der Waals surface area contributed by atoms with Gasteiger partial charge in [0.1, 0.15) is 22.6 Å². The number of anilines is 1. The highest BCUT2D eigenvalue weighted by Crippen LogP contribution is 2.26. The Hall–Kier alpha value is -4.66. The molecule has 1 aromatic carbocycles. The quantitative estimate of drug-likeness (QED) is 0.299. The van der Waals surface area contributed by atoms with E-state index in [2.05, 4.69) is 32.8 Å². The van der Waals surface area contributed by atoms with Crippen LogP contribution in [0.4, 0.5) is 20.2 Å². The summed E-state index contributed by atoms with van der Waals surface area (Å²) in [6.07, 6.45) is 4.55. The van der Waals surface area contributed by atoms with Crippen LogP contribution in [-0.4, -0.2) is 110 Å². The Morgan fingerprint density at radius 3 is 1.94 bits per heavy atom. The third kappa shape index (κ3) is 12.7. The van der Waals surface area contributed by atoms with Crippen molar-refractivity contribution < 1.29 is 28.7 Å². The van der Waals surface area contributed by atoms with Crippen LogP contribution in [0.3, 0.4) is 0 Å². The average molecular weight is 753 g/mol. The molecule has 2 fully saturated rings. The van der Waals surface area contributed by atoms with Gasteiger partial charge in [0.2, 0.25) is 5.91 Å². The first kappa shape index (κ1) is 42.1. The van der Waals surface area contributed by atoms with Crippen LogP contribution < -0.4 is 21.6 Å². The summed E-state index contributed by atoms with van der Waals surface area (Å²) in [4.78, 5) is 73.3. The lowest BCUT2D eigenvalue weighted by atomic mass is 9.85. The molecular weight excluding hydrogens is 692 g/mol. The number of ether oxygens (including phenoxy) is 2. The molecule has 3 N–H and O–H groups in total. The number of piperazine rings is 1. The molecule has 2 heterocycles. The number of aromatic nitrogens is 2. The maximum atomic E-state index is 13.2. The predicted octanol–water partition coefficient (Wildman–Crippen LogP) is 5.12. The molecule has 2 aromatic rings. The summed E-state index contributed by atoms with van der Waals surface area (Å²) in [7, 11) is 0. The van der Waals surface area contributed by atoms with Gasteiger partial charge in [-0.1, -0.05) is 19.1 Å². The van der Waals surface area contributed by atoms with Crippen LogP contribution in [0.25, 0.3) is 5.69 Å². The highest BCUT2D eigenvalue weighted by molar-refractivity contribution is 5.90. The van der Waals surface area contributed by atoms with Gasteiger partial charge in [-0.2, -0.15) is 4.98 Å². The Bertz CT molecular complexity index is 1660. The molecule has 15 heteroatoms. The van der Waals surface area contributed by atoms with E-state index < -0.39 is 34.6 Å². The Morgan fingerprint density at radius 1 is 0.815 bits per heavy atom. The average Bonchev–Trinajstić information content (AvgIpc) is 3.07. The van der Waals surface area contributed by atoms with Gasteiger partial charge in [0.15, 0.2) is 0 Å². The van der Waals surface area contributed by atoms with Crippen LogP contribution in [0.1, 0.15) is 93.6 Å². The Kier molecular flexibility index (Phi) is 13.8. The van der Waals surface area contributed by atoms with Crippen molar-refractivity contribution >= 4 is 29.9 Å². The number of nitrogens with one attached hydrogen (secondary N) is 3. The minimum Gasteiger partial charge on any atom is -0.444 e. The van der Waals surface area contributed by atoms with E-state index in [1.165, 1.54) is 4.57 Å². The van der Waals surface area contributed by atoms with Crippen molar-refractivity contribution in [3.63, 3.8) is 0 Å². The van der Waals surface area contributed by atoms with Crippen molar-refractivity contribution in [2.24, 2.45) is 5.92 Å². The Morgan fingerprint density at radius 2 is 1.39 bits per heavy atom. The zero-order valence-corrected chi connectivity index (χ0v) is 33.5. The van der Waals surface area contributed by atoms with Gasteiger partial charge in [0.05, 0.1) is 5.69 Å². The molecule has 0 unspecified atom stereocenters. The zero-order chi connectivity index (χ0) is 39.8. The van der Waals surface area contributed by atoms with Crippen LogP contribution in [0.15, 0.2) is 41.3 Å². The number of nitrogens with zero attached hydrogens (tertiary/aromatic N) is 5. The van der Waals surface area contributed by atoms with Gasteiger partial charge in [0.25, 0.3) is 0 Å². The van der Waals surface area contributed by atoms with E-state index in [1.54, 1.807) is 56.7 Å². The van der Waals surface area contributed by atoms with Gasteiger partial charge >= 0.3 is 23.9 Å². The fraction of sp³-hybridized carbons (Fsp3) is 0.641. The van der Waals surface area contributed by atoms with E-state index in [0.717, 1.165) is 50.9 Å². The topological polar surface area (TPSA) is 167 Å². The normalized spacial score (nSPS) is 18.2. The summed E-state index contributed by atoms with van der Waals surface area (Å²) in [5, 5.41) is 8.35. The number of benzene rings is 1. The van der Waals surface area contributed by atoms with E-state index in [9.17, 15) is 24.0 Å². The first-order chi connectivity index (χ1) is 25.2. The van der Waals surface area contributed by atoms with Crippen LogP contribution in [0, 0.1) is 5.92 Å². The number of hydrogen-bond donors (Lipinski definition) is 3. The first-order valence-electron chi connectivity index (χ1n) is 19.0. The molecule has 1 aliphatic carbocycles. The van der Waals surface area contributed by atoms with E-state index in [0.29, 0.717) is 11.6 Å². The first-order valence-corrected chi connectivity index (χ1v) is 19.0. The molecule has 5 amide bonds. The summed E-state index contributed by atoms with van der Waals surface area (Å²) in [6, 6.07) is 9.12. The summed E-state index contributed by atoms with van der Waals surface area (Å²) in [6.45, 7) is 20.0. The number of alkyl carbamates (subject to hydrolysis) is 2. The third-order valence-electron chi connectivity index (χ3n) is 9.39. The monoisotopic (exact) mass is 752 g/mol. The lowest BCUT2D eigenvalue weighted by molar-refractivity contribution is -0.138. The fourth-order valence-corrected chi connectivity index (χ4v) is 6.63. The lowest BCUT2D eigenvalue weighted by Crippen LogP contribution is -2.60. The summed E-state index contributed by atoms with van der Waals surface area (Å²) in [5.41, 5.74) is -1.12. The van der Waals surface area contributed by atoms with E-state index in [4.69, 9.17) is 9.47 Å². The van der Waals surface area contributed by atoms with Gasteiger partial charge in [0, 0.05) is 51.5 Å². The summed E-state index contributed by atoms with van der Waals surface area (Å²) in [5.74, 6) is 0.414. The number of carbonyl (C=O) groups is 4. The lowest BCUT2D eigenvalue weighted by Gasteiger charge is -2.38. The predicted molar refractivity (Wildman–Crippen MR) is 207 cm³/mol. The largest absolute Gasteiger partial charge is 0.444 e. The molecule has 15 nitrogen and oxygen atoms in total. The molecule has 2 aliphatic rings. The van der Waals surface area contributed by atoms with Gasteiger partial charge in [-0.3, -0.25) is 19.6 Å². The molecule has 0 atom stereocenters. The molecule has 298 valence electrons. The smallest absolute Gasteiger partial charge is 0.408 e. The maximum absolute atomic E-state index is 13.2. The van der Waals surface area contributed by atoms with Crippen LogP contribution in [0.5, 0.6) is 0 Å². The number of hydrogen-bond acceptors (Lipinski definition) is 9. The summed E-state index contributed by atoms with van der Waals surface area (Å²) >= 11 is 0. The molecule has 0 bridgehead atoms. The van der Waals surface area contributed by atoms with Gasteiger partial charge in [-0.15, -0.1) is 0 Å². The molecule has 1 aromatic heterocycles. The molecule has 1 saturated carbocycles. The molecule has 0 spiro atoms. The standard InChI is InChI=1S/C39H60N8O7/c1-10-44(25-27-11-15-29(16-12-27)40-35(51)53-37(2,3)4)26-28-13-17-30(18-14-28)47-20-19-31(42-34(47)50)41-33(49)46-23-21-45(22-24-46)32(48)39(8,9)43-36(52)54-38(5,6)7/h13-14,17-20,27,29H,10-12,15-16,21-26H2,1-9H3,(H,40,51)(H,43,52)(H,41,42,49,50). The van der Waals surface area contributed by atoms with Gasteiger partial charge < -0.3 is 29.9 Å². The number of urea groups is 1. The highest BCUT2D eigenvalue weighted by Gasteiger charge is 2.37. The maximum Gasteiger partial charge on any atom is 0.408 e. The van der Waals surface area contributed by atoms with Crippen molar-refractivity contribution in [1.29, 1.82) is 0 Å². The second-order valence-electron chi connectivity index (χ2n) is 16.8. The SMILES string of the molecule is CCN(Cc1ccc(-n2ccc(NC(=O)N3CCN(C(=O)C(C)(C)NC(=O)OC(C)(C)C)CC3)nc2=O)cc1)CC1CCC(NC(=O)OC(C)(C)C)CC1. The second-order valence-corrected chi connectivity index (χ2v) is 16.8. The Labute approximate surface area is 319 Å². The number of amides is 5. The molecule has 1 saturated heterocycles. The van der Waals surface area contributed by atoms with E-state index in [-0.39, 0.29) is 50.0 Å². The van der Waals surface area contributed by atoms with E-state index >= 15 is 0 Å². The zero-order valence-electron chi connectivity index (χ0n) is 33.5. The van der Waals surface area contributed by atoms with E-state index in [1.807, 2.05) is 45.0 Å². The van der Waals surface area contributed by atoms with Crippen molar-refractivity contribution in [1.82, 2.24) is 34.9 Å². The fourth-order valence-electron chi connectivity index (χ4n) is 6.63. The van der Waals surface area contributed by atoms with Crippen molar-refractivity contribution in [2.75, 3.05) is 44.6 Å².